The van der Waals surface area contributed by atoms with Crippen molar-refractivity contribution in [3.8, 4) is 11.5 Å². The van der Waals surface area contributed by atoms with Gasteiger partial charge in [-0.2, -0.15) is 0 Å². The van der Waals surface area contributed by atoms with Gasteiger partial charge in [0.1, 0.15) is 0 Å². The number of benzene rings is 2. The average molecular weight is 366 g/mol. The van der Waals surface area contributed by atoms with Crippen molar-refractivity contribution in [3.63, 3.8) is 0 Å². The first-order valence-electron chi connectivity index (χ1n) is 7.29. The van der Waals surface area contributed by atoms with Crippen LogP contribution in [0.1, 0.15) is 12.5 Å². The quantitative estimate of drug-likeness (QED) is 0.728. The van der Waals surface area contributed by atoms with E-state index in [1.165, 1.54) is 13.2 Å². The maximum atomic E-state index is 12.0. The van der Waals surface area contributed by atoms with Crippen molar-refractivity contribution in [3.05, 3.63) is 58.1 Å². The smallest absolute Gasteiger partial charge is 0.248 e. The Hall–Kier alpha value is -2.17. The molecule has 0 aromatic heterocycles. The van der Waals surface area contributed by atoms with Crippen LogP contribution >= 0.6 is 23.2 Å². The van der Waals surface area contributed by atoms with E-state index in [0.717, 1.165) is 5.56 Å². The van der Waals surface area contributed by atoms with E-state index in [2.05, 4.69) is 5.32 Å². The third-order valence-electron chi connectivity index (χ3n) is 3.10. The molecular formula is C18H17Cl2NO3. The number of rotatable bonds is 6. The van der Waals surface area contributed by atoms with Gasteiger partial charge in [0.05, 0.1) is 29.4 Å². The number of halogens is 2. The molecule has 0 aliphatic rings. The summed E-state index contributed by atoms with van der Waals surface area (Å²) < 4.78 is 10.7. The maximum Gasteiger partial charge on any atom is 0.248 e. The molecule has 0 bridgehead atoms. The topological polar surface area (TPSA) is 47.6 Å². The van der Waals surface area contributed by atoms with Crippen LogP contribution in [0.25, 0.3) is 6.08 Å². The molecule has 1 N–H and O–H groups in total. The lowest BCUT2D eigenvalue weighted by molar-refractivity contribution is -0.111. The summed E-state index contributed by atoms with van der Waals surface area (Å²) in [6, 6.07) is 10.5. The molecule has 4 nitrogen and oxygen atoms in total. The second-order valence-electron chi connectivity index (χ2n) is 4.77. The largest absolute Gasteiger partial charge is 0.493 e. The van der Waals surface area contributed by atoms with Crippen molar-refractivity contribution in [1.29, 1.82) is 0 Å². The number of carbonyl (C=O) groups is 1. The molecule has 126 valence electrons. The van der Waals surface area contributed by atoms with Crippen molar-refractivity contribution < 1.29 is 14.3 Å². The highest BCUT2D eigenvalue weighted by atomic mass is 35.5. The van der Waals surface area contributed by atoms with Crippen LogP contribution in [0.5, 0.6) is 11.5 Å². The van der Waals surface area contributed by atoms with Crippen molar-refractivity contribution >= 4 is 40.9 Å². The van der Waals surface area contributed by atoms with Gasteiger partial charge in [0.15, 0.2) is 11.5 Å². The molecule has 0 spiro atoms. The van der Waals surface area contributed by atoms with E-state index in [1.54, 1.807) is 42.5 Å². The summed E-state index contributed by atoms with van der Waals surface area (Å²) in [5.41, 5.74) is 1.27. The van der Waals surface area contributed by atoms with Gasteiger partial charge in [0.25, 0.3) is 0 Å². The Morgan fingerprint density at radius 2 is 1.96 bits per heavy atom. The van der Waals surface area contributed by atoms with Gasteiger partial charge in [0.2, 0.25) is 5.91 Å². The molecule has 1 amide bonds. The fourth-order valence-electron chi connectivity index (χ4n) is 2.03. The molecule has 2 aromatic rings. The summed E-state index contributed by atoms with van der Waals surface area (Å²) in [7, 11) is 1.53. The van der Waals surface area contributed by atoms with Crippen LogP contribution in [-0.4, -0.2) is 19.6 Å². The van der Waals surface area contributed by atoms with Crippen LogP contribution in [0.2, 0.25) is 10.0 Å². The molecule has 0 heterocycles. The van der Waals surface area contributed by atoms with Gasteiger partial charge in [-0.15, -0.1) is 0 Å². The highest BCUT2D eigenvalue weighted by Gasteiger charge is 2.11. The Morgan fingerprint density at radius 3 is 2.62 bits per heavy atom. The first kappa shape index (κ1) is 18.2. The Kier molecular flexibility index (Phi) is 6.53. The number of nitrogens with one attached hydrogen (secondary N) is 1. The van der Waals surface area contributed by atoms with Crippen LogP contribution in [-0.2, 0) is 4.79 Å². The second-order valence-corrected chi connectivity index (χ2v) is 5.58. The fourth-order valence-corrected chi connectivity index (χ4v) is 2.49. The number of hydrogen-bond acceptors (Lipinski definition) is 3. The summed E-state index contributed by atoms with van der Waals surface area (Å²) in [5, 5.41) is 3.60. The summed E-state index contributed by atoms with van der Waals surface area (Å²) in [4.78, 5) is 12.0. The van der Waals surface area contributed by atoms with E-state index < -0.39 is 0 Å². The summed E-state index contributed by atoms with van der Waals surface area (Å²) in [5.74, 6) is 0.696. The zero-order valence-electron chi connectivity index (χ0n) is 13.3. The SMILES string of the molecule is CCOc1c(Cl)cc(/C=C/C(=O)Nc2ccccc2Cl)cc1OC. The van der Waals surface area contributed by atoms with E-state index in [0.29, 0.717) is 33.8 Å². The minimum absolute atomic E-state index is 0.299. The number of anilines is 1. The van der Waals surface area contributed by atoms with Gasteiger partial charge < -0.3 is 14.8 Å². The minimum Gasteiger partial charge on any atom is -0.493 e. The predicted molar refractivity (Wildman–Crippen MR) is 98.3 cm³/mol. The molecule has 6 heteroatoms. The molecule has 2 rings (SSSR count). The fraction of sp³-hybridized carbons (Fsp3) is 0.167. The predicted octanol–water partition coefficient (Wildman–Crippen LogP) is 5.05. The number of amides is 1. The van der Waals surface area contributed by atoms with E-state index in [4.69, 9.17) is 32.7 Å². The lowest BCUT2D eigenvalue weighted by Gasteiger charge is -2.11. The monoisotopic (exact) mass is 365 g/mol. The first-order chi connectivity index (χ1) is 11.5. The normalized spacial score (nSPS) is 10.7. The summed E-state index contributed by atoms with van der Waals surface area (Å²) in [6.07, 6.45) is 3.03. The van der Waals surface area contributed by atoms with Crippen LogP contribution in [0.4, 0.5) is 5.69 Å². The molecule has 0 saturated carbocycles. The lowest BCUT2D eigenvalue weighted by Crippen LogP contribution is -2.07. The zero-order chi connectivity index (χ0) is 17.5. The number of methoxy groups -OCH3 is 1. The number of ether oxygens (including phenoxy) is 2. The van der Waals surface area contributed by atoms with E-state index in [-0.39, 0.29) is 5.91 Å². The average Bonchev–Trinajstić information content (AvgIpc) is 2.57. The van der Waals surface area contributed by atoms with Gasteiger partial charge in [-0.05, 0) is 42.8 Å². The van der Waals surface area contributed by atoms with Crippen molar-refractivity contribution in [1.82, 2.24) is 0 Å². The van der Waals surface area contributed by atoms with Gasteiger partial charge in [0, 0.05) is 6.08 Å². The molecule has 0 unspecified atom stereocenters. The minimum atomic E-state index is -0.299. The Bertz CT molecular complexity index is 760. The van der Waals surface area contributed by atoms with Gasteiger partial charge in [-0.25, -0.2) is 0 Å². The molecule has 0 saturated heterocycles. The second kappa shape index (κ2) is 8.62. The molecule has 0 radical (unpaired) electrons. The molecule has 0 aliphatic carbocycles. The molecule has 0 aliphatic heterocycles. The van der Waals surface area contributed by atoms with E-state index in [1.807, 2.05) is 6.92 Å². The van der Waals surface area contributed by atoms with E-state index in [9.17, 15) is 4.79 Å². The Balaban J connectivity index is 2.15. The highest BCUT2D eigenvalue weighted by Crippen LogP contribution is 2.36. The van der Waals surface area contributed by atoms with Gasteiger partial charge in [-0.1, -0.05) is 35.3 Å². The zero-order valence-corrected chi connectivity index (χ0v) is 14.8. The first-order valence-corrected chi connectivity index (χ1v) is 8.04. The molecule has 0 fully saturated rings. The molecule has 2 aromatic carbocycles. The van der Waals surface area contributed by atoms with Gasteiger partial charge >= 0.3 is 0 Å². The Labute approximate surface area is 151 Å². The maximum absolute atomic E-state index is 12.0. The third-order valence-corrected chi connectivity index (χ3v) is 3.71. The van der Waals surface area contributed by atoms with Crippen LogP contribution < -0.4 is 14.8 Å². The lowest BCUT2D eigenvalue weighted by atomic mass is 10.2. The molecule has 24 heavy (non-hydrogen) atoms. The number of para-hydroxylation sites is 1. The van der Waals surface area contributed by atoms with Crippen LogP contribution in [0.3, 0.4) is 0 Å². The number of carbonyl (C=O) groups excluding carboxylic acids is 1. The van der Waals surface area contributed by atoms with Gasteiger partial charge in [-0.3, -0.25) is 4.79 Å². The van der Waals surface area contributed by atoms with Crippen molar-refractivity contribution in [2.75, 3.05) is 19.0 Å². The van der Waals surface area contributed by atoms with Crippen LogP contribution in [0, 0.1) is 0 Å². The molecule has 0 atom stereocenters. The standard InChI is InChI=1S/C18H17Cl2NO3/c1-3-24-18-14(20)10-12(11-16(18)23-2)8-9-17(22)21-15-7-5-4-6-13(15)19/h4-11H,3H2,1-2H3,(H,21,22)/b9-8+. The summed E-state index contributed by atoms with van der Waals surface area (Å²) >= 11 is 12.2. The Morgan fingerprint density at radius 1 is 1.21 bits per heavy atom. The van der Waals surface area contributed by atoms with Crippen molar-refractivity contribution in [2.45, 2.75) is 6.92 Å². The number of hydrogen-bond donors (Lipinski definition) is 1. The highest BCUT2D eigenvalue weighted by molar-refractivity contribution is 6.34. The van der Waals surface area contributed by atoms with Crippen molar-refractivity contribution in [2.24, 2.45) is 0 Å². The molecular weight excluding hydrogens is 349 g/mol. The summed E-state index contributed by atoms with van der Waals surface area (Å²) in [6.45, 7) is 2.34. The van der Waals surface area contributed by atoms with E-state index >= 15 is 0 Å². The van der Waals surface area contributed by atoms with Crippen LogP contribution in [0.15, 0.2) is 42.5 Å². The third kappa shape index (κ3) is 4.66.